The third kappa shape index (κ3) is 2.88. The summed E-state index contributed by atoms with van der Waals surface area (Å²) in [7, 11) is 0. The maximum Gasteiger partial charge on any atom is 0.230 e. The monoisotopic (exact) mass is 300 g/mol. The Labute approximate surface area is 124 Å². The van der Waals surface area contributed by atoms with Crippen LogP contribution >= 0.6 is 24.0 Å². The van der Waals surface area contributed by atoms with Crippen LogP contribution in [-0.4, -0.2) is 25.0 Å². The predicted molar refractivity (Wildman–Crippen MR) is 79.0 cm³/mol. The summed E-state index contributed by atoms with van der Waals surface area (Å²) < 4.78 is 0. The fourth-order valence-electron chi connectivity index (χ4n) is 2.66. The number of hydrogen-bond acceptors (Lipinski definition) is 2. The zero-order valence-corrected chi connectivity index (χ0v) is 12.2. The highest BCUT2D eigenvalue weighted by molar-refractivity contribution is 6.30. The Balaban J connectivity index is 0.00000133. The largest absolute Gasteiger partial charge is 0.351 e. The number of carbonyl (C=O) groups excluding carboxylic acids is 1. The van der Waals surface area contributed by atoms with Gasteiger partial charge < -0.3 is 10.6 Å². The third-order valence-corrected chi connectivity index (χ3v) is 4.19. The van der Waals surface area contributed by atoms with Gasteiger partial charge in [-0.2, -0.15) is 0 Å². The Bertz CT molecular complexity index is 468. The van der Waals surface area contributed by atoms with Crippen molar-refractivity contribution in [2.24, 2.45) is 0 Å². The fourth-order valence-corrected chi connectivity index (χ4v) is 2.85. The van der Waals surface area contributed by atoms with Crippen LogP contribution in [0.15, 0.2) is 24.3 Å². The highest BCUT2D eigenvalue weighted by Gasteiger charge is 2.51. The number of rotatable bonds is 3. The van der Waals surface area contributed by atoms with Gasteiger partial charge >= 0.3 is 0 Å². The molecule has 2 N–H and O–H groups in total. The molecule has 1 amide bonds. The molecule has 2 fully saturated rings. The molecule has 3 rings (SSSR count). The lowest BCUT2D eigenvalue weighted by Crippen LogP contribution is -2.42. The lowest BCUT2D eigenvalue weighted by molar-refractivity contribution is -0.124. The summed E-state index contributed by atoms with van der Waals surface area (Å²) >= 11 is 6.01. The summed E-state index contributed by atoms with van der Waals surface area (Å²) in [6, 6.07) is 7.98. The number of carbonyl (C=O) groups is 1. The minimum Gasteiger partial charge on any atom is -0.351 e. The minimum atomic E-state index is -0.312. The van der Waals surface area contributed by atoms with Crippen LogP contribution in [-0.2, 0) is 10.2 Å². The molecule has 1 atom stereocenters. The Kier molecular flexibility index (Phi) is 4.39. The van der Waals surface area contributed by atoms with Crippen molar-refractivity contribution >= 4 is 29.9 Å². The van der Waals surface area contributed by atoms with E-state index in [0.717, 1.165) is 37.9 Å². The highest BCUT2D eigenvalue weighted by atomic mass is 35.5. The second-order valence-corrected chi connectivity index (χ2v) is 5.69. The second-order valence-electron chi connectivity index (χ2n) is 5.26. The van der Waals surface area contributed by atoms with Crippen LogP contribution in [0.5, 0.6) is 0 Å². The smallest absolute Gasteiger partial charge is 0.230 e. The van der Waals surface area contributed by atoms with Crippen molar-refractivity contribution in [3.8, 4) is 0 Å². The van der Waals surface area contributed by atoms with Crippen molar-refractivity contribution < 1.29 is 4.79 Å². The average Bonchev–Trinajstić information content (AvgIpc) is 3.03. The number of hydrogen-bond donors (Lipinski definition) is 2. The molecule has 1 saturated carbocycles. The van der Waals surface area contributed by atoms with Gasteiger partial charge in [-0.1, -0.05) is 23.7 Å². The molecule has 104 valence electrons. The van der Waals surface area contributed by atoms with Crippen LogP contribution in [0.1, 0.15) is 24.8 Å². The van der Waals surface area contributed by atoms with Crippen molar-refractivity contribution in [2.45, 2.75) is 30.7 Å². The zero-order valence-electron chi connectivity index (χ0n) is 10.6. The van der Waals surface area contributed by atoms with Gasteiger partial charge in [-0.05, 0) is 43.5 Å². The van der Waals surface area contributed by atoms with E-state index in [-0.39, 0.29) is 29.8 Å². The lowest BCUT2D eigenvalue weighted by Gasteiger charge is -2.19. The van der Waals surface area contributed by atoms with Gasteiger partial charge in [0.15, 0.2) is 0 Å². The minimum absolute atomic E-state index is 0. The summed E-state index contributed by atoms with van der Waals surface area (Å²) in [5.74, 6) is 0.165. The molecule has 1 unspecified atom stereocenters. The predicted octanol–water partition coefficient (Wildman–Crippen LogP) is 2.27. The van der Waals surface area contributed by atoms with E-state index in [1.165, 1.54) is 0 Å². The summed E-state index contributed by atoms with van der Waals surface area (Å²) in [4.78, 5) is 12.4. The van der Waals surface area contributed by atoms with Crippen molar-refractivity contribution in [1.29, 1.82) is 0 Å². The zero-order chi connectivity index (χ0) is 12.6. The molecule has 1 aliphatic heterocycles. The van der Waals surface area contributed by atoms with Gasteiger partial charge in [-0.25, -0.2) is 0 Å². The van der Waals surface area contributed by atoms with E-state index < -0.39 is 0 Å². The first-order valence-corrected chi connectivity index (χ1v) is 6.86. The molecule has 1 aromatic carbocycles. The van der Waals surface area contributed by atoms with E-state index >= 15 is 0 Å². The van der Waals surface area contributed by atoms with Gasteiger partial charge in [0.2, 0.25) is 5.91 Å². The van der Waals surface area contributed by atoms with Gasteiger partial charge in [0, 0.05) is 17.6 Å². The molecular formula is C14H18Cl2N2O. The summed E-state index contributed by atoms with van der Waals surface area (Å²) in [6.07, 6.45) is 2.88. The van der Waals surface area contributed by atoms with E-state index in [1.54, 1.807) is 0 Å². The average molecular weight is 301 g/mol. The van der Waals surface area contributed by atoms with Crippen LogP contribution in [0.4, 0.5) is 0 Å². The van der Waals surface area contributed by atoms with Gasteiger partial charge in [0.1, 0.15) is 0 Å². The molecule has 1 heterocycles. The Morgan fingerprint density at radius 2 is 2.21 bits per heavy atom. The Morgan fingerprint density at radius 1 is 1.42 bits per heavy atom. The third-order valence-electron chi connectivity index (χ3n) is 3.96. The molecular weight excluding hydrogens is 283 g/mol. The van der Waals surface area contributed by atoms with Crippen LogP contribution in [0.3, 0.4) is 0 Å². The van der Waals surface area contributed by atoms with Crippen molar-refractivity contribution in [3.63, 3.8) is 0 Å². The van der Waals surface area contributed by atoms with Crippen LogP contribution < -0.4 is 10.6 Å². The Hall–Kier alpha value is -0.770. The molecule has 1 saturated heterocycles. The first-order valence-electron chi connectivity index (χ1n) is 6.48. The number of nitrogens with one attached hydrogen (secondary N) is 2. The van der Waals surface area contributed by atoms with E-state index in [2.05, 4.69) is 10.6 Å². The molecule has 0 spiro atoms. The molecule has 0 aromatic heterocycles. The first kappa shape index (κ1) is 14.6. The molecule has 0 radical (unpaired) electrons. The van der Waals surface area contributed by atoms with Crippen LogP contribution in [0.25, 0.3) is 0 Å². The van der Waals surface area contributed by atoms with Crippen LogP contribution in [0.2, 0.25) is 5.02 Å². The highest BCUT2D eigenvalue weighted by Crippen LogP contribution is 2.48. The van der Waals surface area contributed by atoms with E-state index in [1.807, 2.05) is 24.3 Å². The van der Waals surface area contributed by atoms with Crippen molar-refractivity contribution in [2.75, 3.05) is 13.1 Å². The lowest BCUT2D eigenvalue weighted by atomic mass is 9.94. The standard InChI is InChI=1S/C14H17ClN2O.ClH/c15-11-3-1-2-10(8-11)14(5-6-14)13(18)17-12-4-7-16-9-12;/h1-3,8,12,16H,4-7,9H2,(H,17,18);1H. The van der Waals surface area contributed by atoms with E-state index in [0.29, 0.717) is 5.02 Å². The van der Waals surface area contributed by atoms with Crippen LogP contribution in [0, 0.1) is 0 Å². The topological polar surface area (TPSA) is 41.1 Å². The van der Waals surface area contributed by atoms with Gasteiger partial charge in [0.05, 0.1) is 5.41 Å². The van der Waals surface area contributed by atoms with E-state index in [9.17, 15) is 4.79 Å². The molecule has 5 heteroatoms. The molecule has 3 nitrogen and oxygen atoms in total. The second kappa shape index (κ2) is 5.70. The molecule has 19 heavy (non-hydrogen) atoms. The molecule has 1 aromatic rings. The first-order chi connectivity index (χ1) is 8.71. The summed E-state index contributed by atoms with van der Waals surface area (Å²) in [5.41, 5.74) is 0.742. The normalized spacial score (nSPS) is 23.5. The van der Waals surface area contributed by atoms with Gasteiger partial charge in [0.25, 0.3) is 0 Å². The summed E-state index contributed by atoms with van der Waals surface area (Å²) in [5, 5.41) is 7.12. The SMILES string of the molecule is Cl.O=C(NC1CCNC1)C1(c2cccc(Cl)c2)CC1. The number of amides is 1. The number of halogens is 2. The van der Waals surface area contributed by atoms with E-state index in [4.69, 9.17) is 11.6 Å². The van der Waals surface area contributed by atoms with Gasteiger partial charge in [-0.15, -0.1) is 12.4 Å². The molecule has 0 bridgehead atoms. The maximum absolute atomic E-state index is 12.4. The number of benzene rings is 1. The summed E-state index contributed by atoms with van der Waals surface area (Å²) in [6.45, 7) is 1.88. The van der Waals surface area contributed by atoms with Crippen molar-refractivity contribution in [1.82, 2.24) is 10.6 Å². The molecule has 2 aliphatic rings. The Morgan fingerprint density at radius 3 is 2.79 bits per heavy atom. The quantitative estimate of drug-likeness (QED) is 0.899. The van der Waals surface area contributed by atoms with Crippen molar-refractivity contribution in [3.05, 3.63) is 34.9 Å². The fraction of sp³-hybridized carbons (Fsp3) is 0.500. The van der Waals surface area contributed by atoms with Gasteiger partial charge in [-0.3, -0.25) is 4.79 Å². The maximum atomic E-state index is 12.4. The molecule has 1 aliphatic carbocycles.